The Hall–Kier alpha value is -3.12. The first-order valence-electron chi connectivity index (χ1n) is 15.2. The lowest BCUT2D eigenvalue weighted by Gasteiger charge is -2.25. The number of aromatic nitrogens is 3. The fourth-order valence-corrected chi connectivity index (χ4v) is 5.10. The number of hydrogen-bond donors (Lipinski definition) is 2. The Kier molecular flexibility index (Phi) is 11.4. The fourth-order valence-electron chi connectivity index (χ4n) is 5.10. The number of nitrogens with two attached hydrogens (primary N) is 1. The van der Waals surface area contributed by atoms with Crippen molar-refractivity contribution in [2.45, 2.75) is 105 Å². The van der Waals surface area contributed by atoms with Crippen molar-refractivity contribution in [1.82, 2.24) is 14.5 Å². The molecule has 4 rings (SSSR count). The summed E-state index contributed by atoms with van der Waals surface area (Å²) in [6.07, 6.45) is 7.54. The lowest BCUT2D eigenvalue weighted by atomic mass is 9.81. The molecule has 0 aliphatic rings. The molecule has 2 aromatic carbocycles. The van der Waals surface area contributed by atoms with Crippen molar-refractivity contribution in [1.29, 1.82) is 0 Å². The molecule has 2 heterocycles. The number of aromatic hydroxyl groups is 1. The van der Waals surface area contributed by atoms with Crippen molar-refractivity contribution in [3.63, 3.8) is 0 Å². The van der Waals surface area contributed by atoms with Gasteiger partial charge in [0.25, 0.3) is 0 Å². The SMILES string of the molecule is CC.CCCCCOCCC(C)(C)c1ccc2c(c1)nc(N)c1nc(CCCC)n(Cc3ccc(O)c(C)c3)c12. The van der Waals surface area contributed by atoms with Gasteiger partial charge in [0, 0.05) is 31.6 Å². The van der Waals surface area contributed by atoms with Crippen LogP contribution in [-0.2, 0) is 23.1 Å². The lowest BCUT2D eigenvalue weighted by molar-refractivity contribution is 0.115. The maximum atomic E-state index is 10.0. The van der Waals surface area contributed by atoms with E-state index in [1.54, 1.807) is 6.07 Å². The number of nitrogen functional groups attached to an aromatic ring is 1. The van der Waals surface area contributed by atoms with Gasteiger partial charge in [-0.1, -0.05) is 85.1 Å². The summed E-state index contributed by atoms with van der Waals surface area (Å²) < 4.78 is 8.22. The van der Waals surface area contributed by atoms with Gasteiger partial charge >= 0.3 is 0 Å². The van der Waals surface area contributed by atoms with E-state index < -0.39 is 0 Å². The Labute approximate surface area is 241 Å². The lowest BCUT2D eigenvalue weighted by Crippen LogP contribution is -2.20. The van der Waals surface area contributed by atoms with Gasteiger partial charge in [0.15, 0.2) is 5.82 Å². The van der Waals surface area contributed by atoms with E-state index in [4.69, 9.17) is 20.4 Å². The Morgan fingerprint density at radius 2 is 1.70 bits per heavy atom. The van der Waals surface area contributed by atoms with Gasteiger partial charge in [-0.15, -0.1) is 0 Å². The van der Waals surface area contributed by atoms with Crippen LogP contribution in [0, 0.1) is 6.92 Å². The number of nitrogens with zero attached hydrogens (tertiary/aromatic N) is 3. The van der Waals surface area contributed by atoms with Crippen molar-refractivity contribution in [3.05, 3.63) is 58.9 Å². The number of ether oxygens (including phenoxy) is 1. The largest absolute Gasteiger partial charge is 0.508 e. The molecule has 0 saturated heterocycles. The van der Waals surface area contributed by atoms with Crippen molar-refractivity contribution in [2.75, 3.05) is 18.9 Å². The zero-order chi connectivity index (χ0) is 29.3. The molecular weight excluding hydrogens is 496 g/mol. The summed E-state index contributed by atoms with van der Waals surface area (Å²) >= 11 is 0. The third kappa shape index (κ3) is 7.34. The Morgan fingerprint density at radius 3 is 2.40 bits per heavy atom. The molecule has 2 aromatic heterocycles. The highest BCUT2D eigenvalue weighted by atomic mass is 16.5. The Balaban J connectivity index is 0.00000216. The number of unbranched alkanes of at least 4 members (excludes halogenated alkanes) is 3. The zero-order valence-corrected chi connectivity index (χ0v) is 25.8. The Morgan fingerprint density at radius 1 is 0.950 bits per heavy atom. The first kappa shape index (κ1) is 31.4. The second-order valence-electron chi connectivity index (χ2n) is 11.2. The molecule has 4 aromatic rings. The van der Waals surface area contributed by atoms with E-state index in [1.165, 1.54) is 18.4 Å². The van der Waals surface area contributed by atoms with Crippen LogP contribution >= 0.6 is 0 Å². The van der Waals surface area contributed by atoms with Crippen LogP contribution in [0.15, 0.2) is 36.4 Å². The van der Waals surface area contributed by atoms with E-state index in [0.717, 1.165) is 84.2 Å². The van der Waals surface area contributed by atoms with E-state index in [0.29, 0.717) is 18.1 Å². The summed E-state index contributed by atoms with van der Waals surface area (Å²) in [6.45, 7) is 17.1. The number of benzene rings is 2. The van der Waals surface area contributed by atoms with Gasteiger partial charge in [0.1, 0.15) is 17.1 Å². The molecule has 0 atom stereocenters. The summed E-state index contributed by atoms with van der Waals surface area (Å²) in [6, 6.07) is 12.4. The molecule has 0 fully saturated rings. The predicted molar refractivity (Wildman–Crippen MR) is 169 cm³/mol. The highest BCUT2D eigenvalue weighted by Gasteiger charge is 2.23. The minimum Gasteiger partial charge on any atom is -0.508 e. The molecule has 0 aliphatic carbocycles. The number of phenols is 1. The second kappa shape index (κ2) is 14.5. The van der Waals surface area contributed by atoms with Crippen molar-refractivity contribution in [3.8, 4) is 5.75 Å². The second-order valence-corrected chi connectivity index (χ2v) is 11.2. The van der Waals surface area contributed by atoms with Crippen LogP contribution in [0.25, 0.3) is 21.9 Å². The highest BCUT2D eigenvalue weighted by Crippen LogP contribution is 2.34. The molecule has 0 bridgehead atoms. The maximum Gasteiger partial charge on any atom is 0.152 e. The number of fused-ring (bicyclic) bond motifs is 3. The monoisotopic (exact) mass is 546 g/mol. The van der Waals surface area contributed by atoms with Crippen LogP contribution in [0.2, 0.25) is 0 Å². The third-order valence-electron chi connectivity index (χ3n) is 7.68. The molecule has 0 aliphatic heterocycles. The third-order valence-corrected chi connectivity index (χ3v) is 7.68. The number of aryl methyl sites for hydroxylation is 2. The summed E-state index contributed by atoms with van der Waals surface area (Å²) in [7, 11) is 0. The van der Waals surface area contributed by atoms with E-state index in [2.05, 4.69) is 50.5 Å². The smallest absolute Gasteiger partial charge is 0.152 e. The maximum absolute atomic E-state index is 10.0. The zero-order valence-electron chi connectivity index (χ0n) is 25.8. The average Bonchev–Trinajstić information content (AvgIpc) is 3.31. The normalized spacial score (nSPS) is 11.7. The number of anilines is 1. The van der Waals surface area contributed by atoms with E-state index in [1.807, 2.05) is 32.9 Å². The summed E-state index contributed by atoms with van der Waals surface area (Å²) in [5, 5.41) is 11.1. The van der Waals surface area contributed by atoms with Gasteiger partial charge in [-0.05, 0) is 60.4 Å². The van der Waals surface area contributed by atoms with Gasteiger partial charge in [0.2, 0.25) is 0 Å². The van der Waals surface area contributed by atoms with Crippen LogP contribution in [0.3, 0.4) is 0 Å². The highest BCUT2D eigenvalue weighted by molar-refractivity contribution is 6.06. The number of pyridine rings is 1. The summed E-state index contributed by atoms with van der Waals surface area (Å²) in [5.74, 6) is 1.81. The number of imidazole rings is 1. The topological polar surface area (TPSA) is 86.2 Å². The van der Waals surface area contributed by atoms with Crippen molar-refractivity contribution < 1.29 is 9.84 Å². The summed E-state index contributed by atoms with van der Waals surface area (Å²) in [4.78, 5) is 9.80. The fraction of sp³-hybridized carbons (Fsp3) is 0.529. The van der Waals surface area contributed by atoms with Gasteiger partial charge in [0.05, 0.1) is 11.0 Å². The van der Waals surface area contributed by atoms with Gasteiger partial charge in [-0.3, -0.25) is 0 Å². The number of rotatable bonds is 13. The van der Waals surface area contributed by atoms with Gasteiger partial charge in [-0.2, -0.15) is 0 Å². The first-order valence-corrected chi connectivity index (χ1v) is 15.2. The molecule has 3 N–H and O–H groups in total. The molecule has 6 heteroatoms. The van der Waals surface area contributed by atoms with Gasteiger partial charge < -0.3 is 20.1 Å². The van der Waals surface area contributed by atoms with Crippen molar-refractivity contribution in [2.24, 2.45) is 0 Å². The Bertz CT molecular complexity index is 1390. The molecule has 0 spiro atoms. The van der Waals surface area contributed by atoms with Crippen molar-refractivity contribution >= 4 is 27.8 Å². The molecule has 0 radical (unpaired) electrons. The van der Waals surface area contributed by atoms with Crippen LogP contribution in [0.1, 0.15) is 103 Å². The minimum absolute atomic E-state index is 0.0412. The average molecular weight is 547 g/mol. The van der Waals surface area contributed by atoms with Crippen LogP contribution in [0.4, 0.5) is 5.82 Å². The van der Waals surface area contributed by atoms with E-state index in [-0.39, 0.29) is 5.41 Å². The van der Waals surface area contributed by atoms with Gasteiger partial charge in [-0.25, -0.2) is 9.97 Å². The molecule has 0 unspecified atom stereocenters. The van der Waals surface area contributed by atoms with Crippen LogP contribution in [-0.4, -0.2) is 32.9 Å². The molecule has 0 saturated carbocycles. The molecule has 40 heavy (non-hydrogen) atoms. The molecule has 6 nitrogen and oxygen atoms in total. The number of phenolic OH excluding ortho intramolecular Hbond substituents is 1. The number of hydrogen-bond acceptors (Lipinski definition) is 5. The van der Waals surface area contributed by atoms with Crippen LogP contribution in [0.5, 0.6) is 5.75 Å². The van der Waals surface area contributed by atoms with E-state index in [9.17, 15) is 5.11 Å². The molecule has 218 valence electrons. The summed E-state index contributed by atoms with van der Waals surface area (Å²) in [5.41, 5.74) is 12.4. The molecular formula is C34H50N4O2. The predicted octanol–water partition coefficient (Wildman–Crippen LogP) is 8.47. The van der Waals surface area contributed by atoms with E-state index >= 15 is 0 Å². The molecule has 0 amide bonds. The quantitative estimate of drug-likeness (QED) is 0.164. The minimum atomic E-state index is -0.0412. The standard InChI is InChI=1S/C32H44N4O2.C2H6/c1-6-8-10-17-38-18-16-32(4,5)24-13-14-25-26(20-24)34-31(33)29-30(25)36(28(35-29)11-9-7-2)21-23-12-15-27(37)22(3)19-23;1-2/h12-15,19-20,37H,6-11,16-18,21H2,1-5H3,(H2,33,34);1-2H3. The first-order chi connectivity index (χ1) is 19.2. The van der Waals surface area contributed by atoms with Crippen LogP contribution < -0.4 is 5.73 Å².